The third-order valence-electron chi connectivity index (χ3n) is 5.28. The number of aromatic nitrogens is 1. The van der Waals surface area contributed by atoms with Gasteiger partial charge in [-0.05, 0) is 37.0 Å². The third kappa shape index (κ3) is 4.61. The lowest BCUT2D eigenvalue weighted by Gasteiger charge is -2.26. The predicted molar refractivity (Wildman–Crippen MR) is 105 cm³/mol. The fraction of sp³-hybridized carbons (Fsp3) is 0.524. The minimum atomic E-state index is 0.620. The molecule has 4 N–H and O–H groups in total. The van der Waals surface area contributed by atoms with Gasteiger partial charge in [-0.15, -0.1) is 0 Å². The van der Waals surface area contributed by atoms with Crippen LogP contribution in [0.25, 0.3) is 0 Å². The number of rotatable bonds is 8. The van der Waals surface area contributed by atoms with Gasteiger partial charge >= 0.3 is 0 Å². The molecular weight excluding hydrogens is 338 g/mol. The molecule has 3 heterocycles. The largest absolute Gasteiger partial charge is 0.466 e. The minimum Gasteiger partial charge on any atom is -0.466 e. The molecule has 0 spiro atoms. The van der Waals surface area contributed by atoms with E-state index in [1.54, 1.807) is 11.2 Å². The van der Waals surface area contributed by atoms with Crippen molar-refractivity contribution in [3.05, 3.63) is 40.8 Å². The van der Waals surface area contributed by atoms with E-state index in [-0.39, 0.29) is 0 Å². The van der Waals surface area contributed by atoms with Crippen molar-refractivity contribution in [2.75, 3.05) is 30.3 Å². The highest BCUT2D eigenvalue weighted by Gasteiger charge is 2.29. The fourth-order valence-corrected chi connectivity index (χ4v) is 3.61. The first-order chi connectivity index (χ1) is 13.1. The van der Waals surface area contributed by atoms with Gasteiger partial charge in [0, 0.05) is 6.42 Å². The molecule has 0 radical (unpaired) electrons. The van der Waals surface area contributed by atoms with Gasteiger partial charge in [0.05, 0.1) is 31.5 Å². The van der Waals surface area contributed by atoms with E-state index in [2.05, 4.69) is 42.5 Å². The summed E-state index contributed by atoms with van der Waals surface area (Å²) in [6.45, 7) is 11.2. The van der Waals surface area contributed by atoms with Crippen LogP contribution >= 0.6 is 0 Å². The molecular formula is C21H31N5O+2. The van der Waals surface area contributed by atoms with Crippen molar-refractivity contribution in [3.63, 3.8) is 0 Å². The molecule has 0 saturated carbocycles. The van der Waals surface area contributed by atoms with Crippen molar-refractivity contribution in [1.29, 1.82) is 5.26 Å². The van der Waals surface area contributed by atoms with Crippen LogP contribution in [0.3, 0.4) is 0 Å². The summed E-state index contributed by atoms with van der Waals surface area (Å²) in [7, 11) is 0. The van der Waals surface area contributed by atoms with Gasteiger partial charge in [0.25, 0.3) is 0 Å². The molecule has 27 heavy (non-hydrogen) atoms. The monoisotopic (exact) mass is 369 g/mol. The number of nitrogens with one attached hydrogen (secondary N) is 4. The average Bonchev–Trinajstić information content (AvgIpc) is 3.19. The molecule has 0 aliphatic carbocycles. The van der Waals surface area contributed by atoms with Crippen molar-refractivity contribution in [2.45, 2.75) is 46.7 Å². The molecule has 144 valence electrons. The summed E-state index contributed by atoms with van der Waals surface area (Å²) in [6.07, 6.45) is 3.69. The first-order valence-corrected chi connectivity index (χ1v) is 9.97. The number of likely N-dealkylation sites (N-methyl/N-ethyl adjacent to an activating group) is 1. The molecule has 0 saturated heterocycles. The maximum absolute atomic E-state index is 9.82. The highest BCUT2D eigenvalue weighted by molar-refractivity contribution is 5.60. The summed E-state index contributed by atoms with van der Waals surface area (Å²) in [5.41, 5.74) is 3.19. The van der Waals surface area contributed by atoms with E-state index in [1.165, 1.54) is 11.1 Å². The summed E-state index contributed by atoms with van der Waals surface area (Å²) in [5.74, 6) is 3.35. The molecule has 0 bridgehead atoms. The van der Waals surface area contributed by atoms with Crippen molar-refractivity contribution in [3.8, 4) is 6.07 Å². The summed E-state index contributed by atoms with van der Waals surface area (Å²) >= 11 is 0. The molecule has 2 aromatic rings. The van der Waals surface area contributed by atoms with Gasteiger partial charge in [0.2, 0.25) is 11.6 Å². The Hall–Kier alpha value is -2.52. The van der Waals surface area contributed by atoms with Crippen LogP contribution in [0.15, 0.2) is 22.8 Å². The van der Waals surface area contributed by atoms with Crippen molar-refractivity contribution < 1.29 is 14.3 Å². The van der Waals surface area contributed by atoms with Crippen LogP contribution in [-0.2, 0) is 19.5 Å². The zero-order valence-electron chi connectivity index (χ0n) is 16.6. The standard InChI is InChI=1S/C21H29N5O/c1-4-26-10-8-17-18(12-22)20(23-9-7-15(2)3)25-21(19(17)14-26)24-13-16-6-5-11-27-16/h5-6,11,15H,4,7-10,13-14H2,1-3H3,(H2,23,24,25)/p+2. The van der Waals surface area contributed by atoms with Crippen LogP contribution in [0, 0.1) is 17.2 Å². The molecule has 0 fully saturated rings. The highest BCUT2D eigenvalue weighted by atomic mass is 16.3. The predicted octanol–water partition coefficient (Wildman–Crippen LogP) is 2.00. The average molecular weight is 370 g/mol. The van der Waals surface area contributed by atoms with Gasteiger partial charge in [0.1, 0.15) is 30.5 Å². The molecule has 0 amide bonds. The Morgan fingerprint density at radius 1 is 1.30 bits per heavy atom. The Morgan fingerprint density at radius 3 is 2.81 bits per heavy atom. The topological polar surface area (TPSA) is 79.6 Å². The zero-order chi connectivity index (χ0) is 19.2. The Balaban J connectivity index is 1.92. The van der Waals surface area contributed by atoms with E-state index in [4.69, 9.17) is 4.42 Å². The Morgan fingerprint density at radius 2 is 2.15 bits per heavy atom. The van der Waals surface area contributed by atoms with Crippen LogP contribution in [0.5, 0.6) is 0 Å². The summed E-state index contributed by atoms with van der Waals surface area (Å²) in [5, 5.41) is 16.8. The lowest BCUT2D eigenvalue weighted by Crippen LogP contribution is -3.11. The number of H-pyrrole nitrogens is 1. The fourth-order valence-electron chi connectivity index (χ4n) is 3.61. The highest BCUT2D eigenvalue weighted by Crippen LogP contribution is 2.26. The quantitative estimate of drug-likeness (QED) is 0.665. The molecule has 1 aliphatic heterocycles. The molecule has 6 nitrogen and oxygen atoms in total. The maximum atomic E-state index is 9.82. The second-order valence-electron chi connectivity index (χ2n) is 7.64. The molecule has 6 heteroatoms. The Labute approximate surface area is 161 Å². The lowest BCUT2D eigenvalue weighted by atomic mass is 9.95. The number of nitriles is 1. The number of nitrogens with zero attached hydrogens (tertiary/aromatic N) is 1. The minimum absolute atomic E-state index is 0.620. The van der Waals surface area contributed by atoms with Crippen molar-refractivity contribution in [1.82, 2.24) is 0 Å². The number of aromatic amines is 1. The van der Waals surface area contributed by atoms with Gasteiger partial charge in [-0.25, -0.2) is 4.98 Å². The van der Waals surface area contributed by atoms with E-state index >= 15 is 0 Å². The van der Waals surface area contributed by atoms with E-state index < -0.39 is 0 Å². The molecule has 1 aliphatic rings. The second kappa shape index (κ2) is 8.92. The van der Waals surface area contributed by atoms with Crippen LogP contribution in [0.2, 0.25) is 0 Å². The van der Waals surface area contributed by atoms with E-state index in [0.717, 1.165) is 62.0 Å². The van der Waals surface area contributed by atoms with Crippen molar-refractivity contribution >= 4 is 11.6 Å². The smallest absolute Gasteiger partial charge is 0.237 e. The summed E-state index contributed by atoms with van der Waals surface area (Å²) < 4.78 is 5.46. The number of hydrogen-bond acceptors (Lipinski definition) is 4. The first kappa shape index (κ1) is 19.2. The number of furan rings is 1. The van der Waals surface area contributed by atoms with Crippen LogP contribution in [0.1, 0.15) is 49.6 Å². The van der Waals surface area contributed by atoms with Gasteiger partial charge < -0.3 is 14.6 Å². The number of fused-ring (bicyclic) bond motifs is 1. The SMILES string of the molecule is CC[NH+]1CCc2c(C#N)c(NCCC(C)C)[nH+]c(NCc3ccco3)c2C1. The van der Waals surface area contributed by atoms with Gasteiger partial charge in [-0.3, -0.25) is 5.32 Å². The lowest BCUT2D eigenvalue weighted by molar-refractivity contribution is -0.914. The Bertz CT molecular complexity index is 792. The van der Waals surface area contributed by atoms with Gasteiger partial charge in [-0.1, -0.05) is 13.8 Å². The number of anilines is 2. The zero-order valence-corrected chi connectivity index (χ0v) is 16.6. The molecule has 1 atom stereocenters. The normalized spacial score (nSPS) is 16.0. The van der Waals surface area contributed by atoms with Gasteiger partial charge in [-0.2, -0.15) is 5.26 Å². The first-order valence-electron chi connectivity index (χ1n) is 9.97. The molecule has 0 aromatic carbocycles. The molecule has 1 unspecified atom stereocenters. The van der Waals surface area contributed by atoms with E-state index in [1.807, 2.05) is 12.1 Å². The van der Waals surface area contributed by atoms with Crippen LogP contribution in [0.4, 0.5) is 11.6 Å². The van der Waals surface area contributed by atoms with Crippen LogP contribution in [-0.4, -0.2) is 19.6 Å². The van der Waals surface area contributed by atoms with Crippen molar-refractivity contribution in [2.24, 2.45) is 5.92 Å². The number of pyridine rings is 1. The molecule has 2 aromatic heterocycles. The van der Waals surface area contributed by atoms with Gasteiger partial charge in [0.15, 0.2) is 0 Å². The third-order valence-corrected chi connectivity index (χ3v) is 5.28. The number of quaternary nitrogens is 1. The van der Waals surface area contributed by atoms with Crippen LogP contribution < -0.4 is 20.5 Å². The van der Waals surface area contributed by atoms with E-state index in [9.17, 15) is 5.26 Å². The maximum Gasteiger partial charge on any atom is 0.237 e. The number of hydrogen-bond donors (Lipinski definition) is 3. The summed E-state index contributed by atoms with van der Waals surface area (Å²) in [4.78, 5) is 5.02. The van der Waals surface area contributed by atoms with E-state index in [0.29, 0.717) is 12.5 Å². The summed E-state index contributed by atoms with van der Waals surface area (Å²) in [6, 6.07) is 6.31. The second-order valence-corrected chi connectivity index (χ2v) is 7.64. The Kier molecular flexibility index (Phi) is 6.36. The molecule has 3 rings (SSSR count).